The molecule has 0 spiro atoms. The third kappa shape index (κ3) is 3.31. The van der Waals surface area contributed by atoms with Gasteiger partial charge < -0.3 is 5.32 Å². The van der Waals surface area contributed by atoms with E-state index >= 15 is 0 Å². The van der Waals surface area contributed by atoms with Crippen LogP contribution in [0.2, 0.25) is 0 Å². The van der Waals surface area contributed by atoms with Gasteiger partial charge in [-0.3, -0.25) is 4.98 Å². The van der Waals surface area contributed by atoms with Crippen molar-refractivity contribution < 1.29 is 0 Å². The van der Waals surface area contributed by atoms with Crippen molar-refractivity contribution in [3.8, 4) is 0 Å². The Hall–Kier alpha value is -0.890. The maximum Gasteiger partial charge on any atom is 0.0426 e. The molecule has 1 heterocycles. The number of unbranched alkanes of at least 4 members (excludes halogenated alkanes) is 1. The van der Waals surface area contributed by atoms with Gasteiger partial charge in [0.15, 0.2) is 0 Å². The SMILES string of the molecule is CCCCNC(C)c1c(C)cc(C)nc1C. The summed E-state index contributed by atoms with van der Waals surface area (Å²) in [6.45, 7) is 11.9. The smallest absolute Gasteiger partial charge is 0.0426 e. The largest absolute Gasteiger partial charge is 0.310 e. The van der Waals surface area contributed by atoms with Gasteiger partial charge in [0.05, 0.1) is 0 Å². The Morgan fingerprint density at radius 3 is 2.56 bits per heavy atom. The van der Waals surface area contributed by atoms with Gasteiger partial charge in [-0.2, -0.15) is 0 Å². The first-order valence-corrected chi connectivity index (χ1v) is 6.24. The molecule has 2 nitrogen and oxygen atoms in total. The normalized spacial score (nSPS) is 12.8. The predicted octanol–water partition coefficient (Wildman–Crippen LogP) is 3.46. The van der Waals surface area contributed by atoms with Crippen LogP contribution in [0.1, 0.15) is 55.2 Å². The molecule has 0 aliphatic rings. The lowest BCUT2D eigenvalue weighted by Gasteiger charge is -2.19. The lowest BCUT2D eigenvalue weighted by Crippen LogP contribution is -2.21. The minimum Gasteiger partial charge on any atom is -0.310 e. The molecule has 16 heavy (non-hydrogen) atoms. The summed E-state index contributed by atoms with van der Waals surface area (Å²) in [5.74, 6) is 0. The molecule has 1 aromatic rings. The Kier molecular flexibility index (Phi) is 4.94. The minimum absolute atomic E-state index is 0.402. The fraction of sp³-hybridized carbons (Fsp3) is 0.643. The summed E-state index contributed by atoms with van der Waals surface area (Å²) in [5, 5.41) is 3.56. The molecule has 1 atom stereocenters. The topological polar surface area (TPSA) is 24.9 Å². The molecule has 1 aromatic heterocycles. The van der Waals surface area contributed by atoms with Gasteiger partial charge in [-0.15, -0.1) is 0 Å². The molecule has 1 N–H and O–H groups in total. The molecule has 0 radical (unpaired) electrons. The number of rotatable bonds is 5. The minimum atomic E-state index is 0.402. The fourth-order valence-electron chi connectivity index (χ4n) is 2.29. The van der Waals surface area contributed by atoms with E-state index in [0.717, 1.165) is 17.9 Å². The van der Waals surface area contributed by atoms with Gasteiger partial charge in [0.25, 0.3) is 0 Å². The lowest BCUT2D eigenvalue weighted by molar-refractivity contribution is 0.548. The number of aryl methyl sites for hydroxylation is 3. The quantitative estimate of drug-likeness (QED) is 0.769. The first kappa shape index (κ1) is 13.2. The summed E-state index contributed by atoms with van der Waals surface area (Å²) in [6, 6.07) is 2.57. The van der Waals surface area contributed by atoms with Crippen LogP contribution < -0.4 is 5.32 Å². The van der Waals surface area contributed by atoms with Crippen LogP contribution in [0.3, 0.4) is 0 Å². The predicted molar refractivity (Wildman–Crippen MR) is 69.8 cm³/mol. The van der Waals surface area contributed by atoms with Crippen LogP contribution in [0.5, 0.6) is 0 Å². The lowest BCUT2D eigenvalue weighted by atomic mass is 10.0. The molecule has 0 aliphatic heterocycles. The van der Waals surface area contributed by atoms with Crippen molar-refractivity contribution in [3.05, 3.63) is 28.6 Å². The highest BCUT2D eigenvalue weighted by Gasteiger charge is 2.11. The maximum atomic E-state index is 4.54. The van der Waals surface area contributed by atoms with Crippen molar-refractivity contribution in [2.24, 2.45) is 0 Å². The second kappa shape index (κ2) is 6.00. The maximum absolute atomic E-state index is 4.54. The average molecular weight is 220 g/mol. The molecule has 0 aliphatic carbocycles. The molecular formula is C14H24N2. The van der Waals surface area contributed by atoms with Crippen LogP contribution in [0.25, 0.3) is 0 Å². The Morgan fingerprint density at radius 2 is 2.00 bits per heavy atom. The molecule has 1 unspecified atom stereocenters. The van der Waals surface area contributed by atoms with Gasteiger partial charge in [0.1, 0.15) is 0 Å². The van der Waals surface area contributed by atoms with Crippen LogP contribution in [-0.2, 0) is 0 Å². The summed E-state index contributed by atoms with van der Waals surface area (Å²) in [7, 11) is 0. The van der Waals surface area contributed by atoms with Crippen molar-refractivity contribution in [2.75, 3.05) is 6.54 Å². The van der Waals surface area contributed by atoms with E-state index in [0.29, 0.717) is 6.04 Å². The highest BCUT2D eigenvalue weighted by molar-refractivity contribution is 5.33. The molecular weight excluding hydrogens is 196 g/mol. The van der Waals surface area contributed by atoms with Crippen LogP contribution in [0, 0.1) is 20.8 Å². The van der Waals surface area contributed by atoms with E-state index in [4.69, 9.17) is 0 Å². The molecule has 1 rings (SSSR count). The molecule has 0 saturated heterocycles. The van der Waals surface area contributed by atoms with Crippen LogP contribution >= 0.6 is 0 Å². The fourth-order valence-corrected chi connectivity index (χ4v) is 2.29. The van der Waals surface area contributed by atoms with E-state index in [9.17, 15) is 0 Å². The van der Waals surface area contributed by atoms with Crippen molar-refractivity contribution >= 4 is 0 Å². The summed E-state index contributed by atoms with van der Waals surface area (Å²) >= 11 is 0. The van der Waals surface area contributed by atoms with Gasteiger partial charge in [0.2, 0.25) is 0 Å². The highest BCUT2D eigenvalue weighted by atomic mass is 14.9. The first-order valence-electron chi connectivity index (χ1n) is 6.24. The van der Waals surface area contributed by atoms with E-state index < -0.39 is 0 Å². The molecule has 90 valence electrons. The Morgan fingerprint density at radius 1 is 1.31 bits per heavy atom. The number of aromatic nitrogens is 1. The molecule has 0 amide bonds. The number of nitrogens with zero attached hydrogens (tertiary/aromatic N) is 1. The average Bonchev–Trinajstić information content (AvgIpc) is 2.16. The van der Waals surface area contributed by atoms with E-state index in [-0.39, 0.29) is 0 Å². The van der Waals surface area contributed by atoms with Crippen LogP contribution in [0.4, 0.5) is 0 Å². The molecule has 0 bridgehead atoms. The Labute approximate surface area is 99.5 Å². The number of pyridine rings is 1. The van der Waals surface area contributed by atoms with E-state index in [1.54, 1.807) is 0 Å². The van der Waals surface area contributed by atoms with Gasteiger partial charge in [-0.25, -0.2) is 0 Å². The van der Waals surface area contributed by atoms with E-state index in [1.807, 2.05) is 0 Å². The number of nitrogens with one attached hydrogen (secondary N) is 1. The number of hydrogen-bond acceptors (Lipinski definition) is 2. The van der Waals surface area contributed by atoms with Crippen molar-refractivity contribution in [1.29, 1.82) is 0 Å². The summed E-state index contributed by atoms with van der Waals surface area (Å²) in [5.41, 5.74) is 4.98. The zero-order valence-corrected chi connectivity index (χ0v) is 11.2. The number of hydrogen-bond donors (Lipinski definition) is 1. The van der Waals surface area contributed by atoms with Gasteiger partial charge in [-0.05, 0) is 57.9 Å². The molecule has 0 saturated carbocycles. The Balaban J connectivity index is 2.78. The second-order valence-corrected chi connectivity index (χ2v) is 4.61. The van der Waals surface area contributed by atoms with Crippen molar-refractivity contribution in [2.45, 2.75) is 53.5 Å². The van der Waals surface area contributed by atoms with Crippen molar-refractivity contribution in [1.82, 2.24) is 10.3 Å². The molecule has 2 heteroatoms. The van der Waals surface area contributed by atoms with Crippen LogP contribution in [-0.4, -0.2) is 11.5 Å². The van der Waals surface area contributed by atoms with E-state index in [2.05, 4.69) is 51.0 Å². The zero-order chi connectivity index (χ0) is 12.1. The van der Waals surface area contributed by atoms with Gasteiger partial charge in [-0.1, -0.05) is 13.3 Å². The monoisotopic (exact) mass is 220 g/mol. The van der Waals surface area contributed by atoms with Crippen molar-refractivity contribution in [3.63, 3.8) is 0 Å². The second-order valence-electron chi connectivity index (χ2n) is 4.61. The summed E-state index contributed by atoms with van der Waals surface area (Å²) in [4.78, 5) is 4.54. The van der Waals surface area contributed by atoms with Gasteiger partial charge >= 0.3 is 0 Å². The standard InChI is InChI=1S/C14H24N2/c1-6-7-8-15-12(4)14-10(2)9-11(3)16-13(14)5/h9,12,15H,6-8H2,1-5H3. The third-order valence-electron chi connectivity index (χ3n) is 3.00. The molecule has 0 fully saturated rings. The van der Waals surface area contributed by atoms with Gasteiger partial charge in [0, 0.05) is 17.4 Å². The first-order chi connectivity index (χ1) is 7.56. The Bertz CT molecular complexity index is 322. The summed E-state index contributed by atoms with van der Waals surface area (Å²) < 4.78 is 0. The highest BCUT2D eigenvalue weighted by Crippen LogP contribution is 2.20. The third-order valence-corrected chi connectivity index (χ3v) is 3.00. The van der Waals surface area contributed by atoms with Crippen LogP contribution in [0.15, 0.2) is 6.07 Å². The zero-order valence-electron chi connectivity index (χ0n) is 11.2. The van der Waals surface area contributed by atoms with E-state index in [1.165, 1.54) is 24.0 Å². The molecule has 0 aromatic carbocycles. The summed E-state index contributed by atoms with van der Waals surface area (Å²) in [6.07, 6.45) is 2.48.